The number of aliphatic imine (C=N–C) groups is 1. The van der Waals surface area contributed by atoms with E-state index in [1.54, 1.807) is 0 Å². The standard InChI is InChI=1S/C21H35N5O.HI/c1-4-23-20(25-16-21(2,3)19(22)27)24-14-17-8-10-18(11-9-17)15-26-12-6-5-7-13-26;/h8-11H,4-7,12-16H2,1-3H3,(H2,22,27)(H2,23,24,25);1H. The third-order valence-corrected chi connectivity index (χ3v) is 5.01. The molecule has 1 saturated heterocycles. The normalized spacial score (nSPS) is 15.6. The van der Waals surface area contributed by atoms with Gasteiger partial charge < -0.3 is 16.4 Å². The van der Waals surface area contributed by atoms with Gasteiger partial charge in [-0.1, -0.05) is 30.7 Å². The Labute approximate surface area is 186 Å². The lowest BCUT2D eigenvalue weighted by atomic mass is 9.93. The first-order valence-electron chi connectivity index (χ1n) is 10.0. The molecule has 158 valence electrons. The maximum absolute atomic E-state index is 11.5. The highest BCUT2D eigenvalue weighted by atomic mass is 127. The van der Waals surface area contributed by atoms with Crippen molar-refractivity contribution in [3.05, 3.63) is 35.4 Å². The molecule has 6 nitrogen and oxygen atoms in total. The van der Waals surface area contributed by atoms with Gasteiger partial charge in [0, 0.05) is 19.6 Å². The molecule has 7 heteroatoms. The van der Waals surface area contributed by atoms with Gasteiger partial charge in [-0.2, -0.15) is 0 Å². The lowest BCUT2D eigenvalue weighted by Crippen LogP contribution is -2.46. The summed E-state index contributed by atoms with van der Waals surface area (Å²) < 4.78 is 0. The first-order valence-corrected chi connectivity index (χ1v) is 10.0. The zero-order valence-corrected chi connectivity index (χ0v) is 19.8. The number of hydrogen-bond acceptors (Lipinski definition) is 3. The minimum Gasteiger partial charge on any atom is -0.369 e. The minimum atomic E-state index is -0.619. The van der Waals surface area contributed by atoms with Crippen molar-refractivity contribution in [1.29, 1.82) is 0 Å². The fourth-order valence-electron chi connectivity index (χ4n) is 3.03. The summed E-state index contributed by atoms with van der Waals surface area (Å²) in [5.41, 5.74) is 7.34. The van der Waals surface area contributed by atoms with Crippen LogP contribution in [0.15, 0.2) is 29.3 Å². The van der Waals surface area contributed by atoms with Crippen LogP contribution >= 0.6 is 24.0 Å². The predicted molar refractivity (Wildman–Crippen MR) is 127 cm³/mol. The highest BCUT2D eigenvalue weighted by Gasteiger charge is 2.24. The number of benzene rings is 1. The van der Waals surface area contributed by atoms with E-state index in [0.29, 0.717) is 19.0 Å². The Kier molecular flexibility index (Phi) is 10.8. The number of halogens is 1. The maximum atomic E-state index is 11.5. The number of carbonyl (C=O) groups is 1. The predicted octanol–water partition coefficient (Wildman–Crippen LogP) is 2.86. The molecule has 0 unspecified atom stereocenters. The van der Waals surface area contributed by atoms with Gasteiger partial charge in [0.1, 0.15) is 0 Å². The Hall–Kier alpha value is -1.35. The van der Waals surface area contributed by atoms with Crippen molar-refractivity contribution in [1.82, 2.24) is 15.5 Å². The second-order valence-electron chi connectivity index (χ2n) is 7.95. The molecule has 1 aromatic carbocycles. The number of piperidine rings is 1. The van der Waals surface area contributed by atoms with Crippen LogP contribution in [0.3, 0.4) is 0 Å². The van der Waals surface area contributed by atoms with Crippen LogP contribution in [-0.2, 0) is 17.9 Å². The number of nitrogens with zero attached hydrogens (tertiary/aromatic N) is 2. The van der Waals surface area contributed by atoms with E-state index in [2.05, 4.69) is 44.8 Å². The third-order valence-electron chi connectivity index (χ3n) is 5.01. The van der Waals surface area contributed by atoms with Gasteiger partial charge in [0.05, 0.1) is 12.0 Å². The van der Waals surface area contributed by atoms with E-state index < -0.39 is 5.41 Å². The Bertz CT molecular complexity index is 624. The van der Waals surface area contributed by atoms with E-state index >= 15 is 0 Å². The molecule has 0 saturated carbocycles. The van der Waals surface area contributed by atoms with Crippen LogP contribution in [-0.4, -0.2) is 42.9 Å². The molecular formula is C21H36IN5O. The van der Waals surface area contributed by atoms with E-state index in [-0.39, 0.29) is 29.9 Å². The molecule has 1 aliphatic heterocycles. The zero-order chi connectivity index (χ0) is 19.7. The molecular weight excluding hydrogens is 465 g/mol. The molecule has 1 heterocycles. The molecule has 2 rings (SSSR count). The lowest BCUT2D eigenvalue weighted by Gasteiger charge is -2.26. The van der Waals surface area contributed by atoms with Gasteiger partial charge in [-0.15, -0.1) is 24.0 Å². The summed E-state index contributed by atoms with van der Waals surface area (Å²) in [7, 11) is 0. The number of guanidine groups is 1. The first-order chi connectivity index (χ1) is 12.9. The van der Waals surface area contributed by atoms with E-state index in [9.17, 15) is 4.79 Å². The molecule has 1 fully saturated rings. The number of likely N-dealkylation sites (tertiary alicyclic amines) is 1. The summed E-state index contributed by atoms with van der Waals surface area (Å²) in [5.74, 6) is 0.374. The van der Waals surface area contributed by atoms with Crippen LogP contribution in [0, 0.1) is 5.41 Å². The Morgan fingerprint density at radius 2 is 1.71 bits per heavy atom. The van der Waals surface area contributed by atoms with Gasteiger partial charge in [0.2, 0.25) is 5.91 Å². The molecule has 0 radical (unpaired) electrons. The Balaban J connectivity index is 0.00000392. The van der Waals surface area contributed by atoms with E-state index in [1.807, 2.05) is 20.8 Å². The van der Waals surface area contributed by atoms with Crippen molar-refractivity contribution >= 4 is 35.8 Å². The molecule has 4 N–H and O–H groups in total. The van der Waals surface area contributed by atoms with Crippen molar-refractivity contribution in [2.75, 3.05) is 26.2 Å². The summed E-state index contributed by atoms with van der Waals surface area (Å²) in [6.07, 6.45) is 4.01. The lowest BCUT2D eigenvalue weighted by molar-refractivity contribution is -0.125. The summed E-state index contributed by atoms with van der Waals surface area (Å²) in [5, 5.41) is 6.42. The summed E-state index contributed by atoms with van der Waals surface area (Å²) in [6, 6.07) is 8.71. The number of primary amides is 1. The average molecular weight is 501 g/mol. The van der Waals surface area contributed by atoms with Gasteiger partial charge in [0.25, 0.3) is 0 Å². The highest BCUT2D eigenvalue weighted by Crippen LogP contribution is 2.14. The number of rotatable bonds is 8. The monoisotopic (exact) mass is 501 g/mol. The third kappa shape index (κ3) is 8.34. The van der Waals surface area contributed by atoms with Gasteiger partial charge >= 0.3 is 0 Å². The molecule has 0 spiro atoms. The summed E-state index contributed by atoms with van der Waals surface area (Å²) in [4.78, 5) is 18.6. The van der Waals surface area contributed by atoms with E-state index in [1.165, 1.54) is 43.5 Å². The van der Waals surface area contributed by atoms with Crippen LogP contribution in [0.5, 0.6) is 0 Å². The molecule has 0 bridgehead atoms. The number of nitrogens with one attached hydrogen (secondary N) is 2. The molecule has 0 atom stereocenters. The van der Waals surface area contributed by atoms with Gasteiger partial charge in [0.15, 0.2) is 5.96 Å². The number of hydrogen-bond donors (Lipinski definition) is 3. The van der Waals surface area contributed by atoms with Crippen molar-refractivity contribution in [2.24, 2.45) is 16.1 Å². The number of carbonyl (C=O) groups excluding carboxylic acids is 1. The summed E-state index contributed by atoms with van der Waals surface area (Å²) >= 11 is 0. The smallest absolute Gasteiger partial charge is 0.224 e. The Morgan fingerprint density at radius 1 is 1.11 bits per heavy atom. The molecule has 1 amide bonds. The topological polar surface area (TPSA) is 82.8 Å². The molecule has 0 aliphatic carbocycles. The average Bonchev–Trinajstić information content (AvgIpc) is 2.66. The van der Waals surface area contributed by atoms with Crippen LogP contribution in [0.2, 0.25) is 0 Å². The molecule has 28 heavy (non-hydrogen) atoms. The molecule has 1 aliphatic rings. The quantitative estimate of drug-likeness (QED) is 0.291. The molecule has 1 aromatic rings. The summed E-state index contributed by atoms with van der Waals surface area (Å²) in [6.45, 7) is 10.9. The molecule has 0 aromatic heterocycles. The van der Waals surface area contributed by atoms with Gasteiger partial charge in [-0.05, 0) is 57.8 Å². The number of amides is 1. The first kappa shape index (κ1) is 24.7. The van der Waals surface area contributed by atoms with Crippen molar-refractivity contribution in [2.45, 2.75) is 53.1 Å². The zero-order valence-electron chi connectivity index (χ0n) is 17.5. The van der Waals surface area contributed by atoms with E-state index in [4.69, 9.17) is 5.73 Å². The number of nitrogens with two attached hydrogens (primary N) is 1. The van der Waals surface area contributed by atoms with E-state index in [0.717, 1.165) is 13.1 Å². The van der Waals surface area contributed by atoms with Crippen LogP contribution in [0.4, 0.5) is 0 Å². The second-order valence-corrected chi connectivity index (χ2v) is 7.95. The fourth-order valence-corrected chi connectivity index (χ4v) is 3.03. The fraction of sp³-hybridized carbons (Fsp3) is 0.619. The minimum absolute atomic E-state index is 0. The second kappa shape index (κ2) is 12.3. The Morgan fingerprint density at radius 3 is 2.29 bits per heavy atom. The van der Waals surface area contributed by atoms with Crippen LogP contribution < -0.4 is 16.4 Å². The van der Waals surface area contributed by atoms with Crippen LogP contribution in [0.1, 0.15) is 51.2 Å². The van der Waals surface area contributed by atoms with Crippen molar-refractivity contribution < 1.29 is 4.79 Å². The largest absolute Gasteiger partial charge is 0.369 e. The van der Waals surface area contributed by atoms with Crippen molar-refractivity contribution in [3.8, 4) is 0 Å². The van der Waals surface area contributed by atoms with Crippen LogP contribution in [0.25, 0.3) is 0 Å². The van der Waals surface area contributed by atoms with Crippen molar-refractivity contribution in [3.63, 3.8) is 0 Å². The SMILES string of the molecule is CCNC(=NCc1ccc(CN2CCCCC2)cc1)NCC(C)(C)C(N)=O.I. The highest BCUT2D eigenvalue weighted by molar-refractivity contribution is 14.0. The maximum Gasteiger partial charge on any atom is 0.224 e. The van der Waals surface area contributed by atoms with Gasteiger partial charge in [-0.25, -0.2) is 4.99 Å². The van der Waals surface area contributed by atoms with Gasteiger partial charge in [-0.3, -0.25) is 9.69 Å².